The number of likely N-dealkylation sites (N-methyl/N-ethyl adjacent to an activating group) is 2. The van der Waals surface area contributed by atoms with Crippen LogP contribution in [0.3, 0.4) is 0 Å². The van der Waals surface area contributed by atoms with Crippen molar-refractivity contribution in [3.63, 3.8) is 0 Å². The van der Waals surface area contributed by atoms with Gasteiger partial charge in [-0.05, 0) is 60.1 Å². The molecule has 4 aromatic rings. The maximum atomic E-state index is 14.1. The van der Waals surface area contributed by atoms with Crippen LogP contribution in [0.25, 0.3) is 0 Å². The van der Waals surface area contributed by atoms with Gasteiger partial charge in [0, 0.05) is 63.8 Å². The molecule has 0 spiro atoms. The molecule has 0 radical (unpaired) electrons. The molecule has 322 valence electrons. The first-order valence-corrected chi connectivity index (χ1v) is 20.6. The largest absolute Gasteiger partial charge is 0.388 e. The highest BCUT2D eigenvalue weighted by molar-refractivity contribution is 5.88. The topological polar surface area (TPSA) is 189 Å². The highest BCUT2D eigenvalue weighted by Crippen LogP contribution is 2.17. The van der Waals surface area contributed by atoms with Crippen molar-refractivity contribution in [2.75, 3.05) is 27.2 Å². The molecule has 0 fully saturated rings. The monoisotopic (exact) mass is 822 g/mol. The van der Waals surface area contributed by atoms with Crippen LogP contribution in [-0.4, -0.2) is 117 Å². The van der Waals surface area contributed by atoms with Gasteiger partial charge in [-0.2, -0.15) is 0 Å². The lowest BCUT2D eigenvalue weighted by atomic mass is 9.90. The van der Waals surface area contributed by atoms with Crippen LogP contribution in [0.15, 0.2) is 109 Å². The molecule has 2 heterocycles. The summed E-state index contributed by atoms with van der Waals surface area (Å²) in [6, 6.07) is 24.7. The number of hydrogen-bond donors (Lipinski definition) is 6. The van der Waals surface area contributed by atoms with Crippen molar-refractivity contribution in [2.45, 2.75) is 89.8 Å². The van der Waals surface area contributed by atoms with Crippen LogP contribution >= 0.6 is 0 Å². The first kappa shape index (κ1) is 46.8. The van der Waals surface area contributed by atoms with E-state index in [1.807, 2.05) is 125 Å². The first-order valence-electron chi connectivity index (χ1n) is 20.6. The number of carbonyl (C=O) groups excluding carboxylic acids is 4. The van der Waals surface area contributed by atoms with Crippen molar-refractivity contribution < 1.29 is 29.4 Å². The Bertz CT molecular complexity index is 1770. The number of aliphatic hydroxyl groups excluding tert-OH is 2. The van der Waals surface area contributed by atoms with Gasteiger partial charge in [0.1, 0.15) is 24.3 Å². The minimum atomic E-state index is -1.59. The summed E-state index contributed by atoms with van der Waals surface area (Å²) in [5.41, 5.74) is 3.23. The molecule has 0 aliphatic rings. The Kier molecular flexibility index (Phi) is 18.5. The number of aromatic nitrogens is 2. The normalized spacial score (nSPS) is 14.2. The van der Waals surface area contributed by atoms with E-state index in [1.165, 1.54) is 9.80 Å². The van der Waals surface area contributed by atoms with E-state index < -0.39 is 60.3 Å². The maximum absolute atomic E-state index is 14.1. The number of benzene rings is 2. The third-order valence-corrected chi connectivity index (χ3v) is 10.4. The van der Waals surface area contributed by atoms with E-state index in [0.717, 1.165) is 22.5 Å². The van der Waals surface area contributed by atoms with E-state index in [4.69, 9.17) is 0 Å². The summed E-state index contributed by atoms with van der Waals surface area (Å²) < 4.78 is 0. The quantitative estimate of drug-likeness (QED) is 0.0733. The van der Waals surface area contributed by atoms with Gasteiger partial charge < -0.3 is 41.3 Å². The number of aliphatic hydroxyl groups is 2. The number of nitrogens with zero attached hydrogens (tertiary/aromatic N) is 4. The third kappa shape index (κ3) is 14.8. The molecule has 0 bridgehead atoms. The van der Waals surface area contributed by atoms with Gasteiger partial charge in [-0.3, -0.25) is 19.6 Å². The fraction of sp³-hybridized carbons (Fsp3) is 0.435. The van der Waals surface area contributed by atoms with E-state index >= 15 is 0 Å². The van der Waals surface area contributed by atoms with Gasteiger partial charge in [0.25, 0.3) is 0 Å². The number of urea groups is 2. The molecule has 14 heteroatoms. The minimum Gasteiger partial charge on any atom is -0.388 e. The highest BCUT2D eigenvalue weighted by Gasteiger charge is 2.38. The summed E-state index contributed by atoms with van der Waals surface area (Å²) in [5, 5.41) is 35.6. The van der Waals surface area contributed by atoms with Gasteiger partial charge in [-0.25, -0.2) is 9.59 Å². The molecule has 4 rings (SSSR count). The summed E-state index contributed by atoms with van der Waals surface area (Å²) in [5.74, 6) is -1.75. The third-order valence-electron chi connectivity index (χ3n) is 10.4. The van der Waals surface area contributed by atoms with E-state index in [1.54, 1.807) is 26.5 Å². The Balaban J connectivity index is 1.52. The molecule has 6 amide bonds. The molecule has 6 atom stereocenters. The Hall–Kier alpha value is -5.86. The number of rotatable bonds is 21. The molecule has 2 aromatic heterocycles. The zero-order valence-electron chi connectivity index (χ0n) is 35.6. The van der Waals surface area contributed by atoms with Gasteiger partial charge in [-0.15, -0.1) is 0 Å². The SMILES string of the molecule is CC(C)[C@H](NC(=O)N(C)CCc1ccccn1)C(=O)N[C@@H](Cc1ccccc1)[C@@H](O)[C@H](O)[C@H](Cc1ccccc1)NC(=O)[C@@H](NC(=O)N(C)CCc1ccccn1)C(C)C. The fourth-order valence-corrected chi connectivity index (χ4v) is 6.69. The predicted octanol–water partition coefficient (Wildman–Crippen LogP) is 3.77. The molecule has 0 aliphatic heterocycles. The van der Waals surface area contributed by atoms with Gasteiger partial charge in [0.15, 0.2) is 0 Å². The molecular weight excluding hydrogens is 761 g/mol. The van der Waals surface area contributed by atoms with Gasteiger partial charge in [-0.1, -0.05) is 100 Å². The Morgan fingerprint density at radius 2 is 0.883 bits per heavy atom. The smallest absolute Gasteiger partial charge is 0.317 e. The van der Waals surface area contributed by atoms with Crippen molar-refractivity contribution in [1.82, 2.24) is 41.0 Å². The van der Waals surface area contributed by atoms with Crippen LogP contribution < -0.4 is 21.3 Å². The first-order chi connectivity index (χ1) is 28.7. The van der Waals surface area contributed by atoms with Crippen LogP contribution in [0.4, 0.5) is 9.59 Å². The second kappa shape index (κ2) is 23.7. The fourth-order valence-electron chi connectivity index (χ4n) is 6.69. The lowest BCUT2D eigenvalue weighted by Crippen LogP contribution is -2.62. The summed E-state index contributed by atoms with van der Waals surface area (Å²) in [7, 11) is 3.29. The van der Waals surface area contributed by atoms with E-state index in [0.29, 0.717) is 25.9 Å². The average molecular weight is 823 g/mol. The molecule has 60 heavy (non-hydrogen) atoms. The number of pyridine rings is 2. The zero-order chi connectivity index (χ0) is 43.6. The summed E-state index contributed by atoms with van der Waals surface area (Å²) >= 11 is 0. The Labute approximate surface area is 354 Å². The van der Waals surface area contributed by atoms with E-state index in [2.05, 4.69) is 31.2 Å². The molecule has 0 unspecified atom stereocenters. The zero-order valence-corrected chi connectivity index (χ0v) is 35.6. The van der Waals surface area contributed by atoms with Crippen molar-refractivity contribution in [2.24, 2.45) is 11.8 Å². The lowest BCUT2D eigenvalue weighted by Gasteiger charge is -2.35. The van der Waals surface area contributed by atoms with Gasteiger partial charge in [0.2, 0.25) is 11.8 Å². The molecular formula is C46H62N8O6. The van der Waals surface area contributed by atoms with Crippen LogP contribution in [0.2, 0.25) is 0 Å². The van der Waals surface area contributed by atoms with Crippen molar-refractivity contribution in [1.29, 1.82) is 0 Å². The standard InChI is InChI=1S/C46H62N8O6/c1-31(2)39(51-45(59)53(5)27-23-35-21-13-15-25-47-35)43(57)49-37(29-33-17-9-7-10-18-33)41(55)42(56)38(30-34-19-11-8-12-20-34)50-44(58)40(32(3)4)52-46(60)54(6)28-24-36-22-14-16-26-48-36/h7-22,25-26,31-32,37-42,55-56H,23-24,27-30H2,1-6H3,(H,49,57)(H,50,58)(H,51,59)(H,52,60)/t37-,38-,39-,40-,41+,42+/m0/s1. The molecule has 2 aromatic carbocycles. The number of carbonyl (C=O) groups is 4. The van der Waals surface area contributed by atoms with E-state index in [-0.39, 0.29) is 24.7 Å². The average Bonchev–Trinajstić information content (AvgIpc) is 3.25. The second-order valence-electron chi connectivity index (χ2n) is 15.9. The van der Waals surface area contributed by atoms with Crippen LogP contribution in [0.1, 0.15) is 50.2 Å². The predicted molar refractivity (Wildman–Crippen MR) is 232 cm³/mol. The summed E-state index contributed by atoms with van der Waals surface area (Å²) in [6.07, 6.45) is 1.54. The summed E-state index contributed by atoms with van der Waals surface area (Å²) in [4.78, 5) is 66.4. The van der Waals surface area contributed by atoms with Crippen LogP contribution in [0.5, 0.6) is 0 Å². The molecule has 6 N–H and O–H groups in total. The number of nitrogens with one attached hydrogen (secondary N) is 4. The van der Waals surface area contributed by atoms with Crippen molar-refractivity contribution in [3.05, 3.63) is 132 Å². The summed E-state index contributed by atoms with van der Waals surface area (Å²) in [6.45, 7) is 7.98. The molecule has 0 aliphatic carbocycles. The van der Waals surface area contributed by atoms with Crippen molar-refractivity contribution >= 4 is 23.9 Å². The Morgan fingerprint density at radius 3 is 1.20 bits per heavy atom. The van der Waals surface area contributed by atoms with E-state index in [9.17, 15) is 29.4 Å². The van der Waals surface area contributed by atoms with Crippen LogP contribution in [0, 0.1) is 11.8 Å². The maximum Gasteiger partial charge on any atom is 0.317 e. The number of amides is 6. The van der Waals surface area contributed by atoms with Gasteiger partial charge in [0.05, 0.1) is 12.1 Å². The lowest BCUT2D eigenvalue weighted by molar-refractivity contribution is -0.129. The van der Waals surface area contributed by atoms with Crippen LogP contribution in [-0.2, 0) is 35.3 Å². The number of hydrogen-bond acceptors (Lipinski definition) is 8. The molecule has 0 saturated heterocycles. The Morgan fingerprint density at radius 1 is 0.533 bits per heavy atom. The van der Waals surface area contributed by atoms with Gasteiger partial charge >= 0.3 is 12.1 Å². The van der Waals surface area contributed by atoms with Crippen molar-refractivity contribution in [3.8, 4) is 0 Å². The molecule has 14 nitrogen and oxygen atoms in total. The second-order valence-corrected chi connectivity index (χ2v) is 15.9. The minimum absolute atomic E-state index is 0.134. The molecule has 0 saturated carbocycles. The highest BCUT2D eigenvalue weighted by atomic mass is 16.3.